The van der Waals surface area contributed by atoms with Gasteiger partial charge in [-0.25, -0.2) is 9.48 Å². The number of carboxylic acid groups (broad SMARTS) is 1. The van der Waals surface area contributed by atoms with Crippen LogP contribution in [-0.2, 0) is 17.9 Å². The van der Waals surface area contributed by atoms with Crippen LogP contribution in [-0.4, -0.2) is 41.8 Å². The normalized spacial score (nSPS) is 10.4. The van der Waals surface area contributed by atoms with Crippen LogP contribution in [0.4, 0.5) is 5.69 Å². The zero-order valence-corrected chi connectivity index (χ0v) is 10.1. The van der Waals surface area contributed by atoms with Gasteiger partial charge in [0.25, 0.3) is 0 Å². The first kappa shape index (κ1) is 12.7. The number of rotatable bonds is 5. The van der Waals surface area contributed by atoms with Gasteiger partial charge in [-0.15, -0.1) is 5.10 Å². The van der Waals surface area contributed by atoms with Gasteiger partial charge in [0, 0.05) is 12.7 Å². The molecule has 9 heteroatoms. The number of carbonyl (C=O) groups excluding carboxylic acids is 1. The number of hydrogen-bond acceptors (Lipinski definition) is 5. The molecule has 1 amide bonds. The third-order valence-electron chi connectivity index (χ3n) is 2.30. The minimum atomic E-state index is -1.18. The predicted octanol–water partition coefficient (Wildman–Crippen LogP) is -0.169. The van der Waals surface area contributed by atoms with Gasteiger partial charge in [-0.3, -0.25) is 9.48 Å². The van der Waals surface area contributed by atoms with Crippen LogP contribution < -0.4 is 5.32 Å². The number of carboxylic acids is 1. The van der Waals surface area contributed by atoms with E-state index in [4.69, 9.17) is 5.11 Å². The van der Waals surface area contributed by atoms with E-state index in [9.17, 15) is 9.59 Å². The van der Waals surface area contributed by atoms with Crippen LogP contribution in [0, 0.1) is 0 Å². The summed E-state index contributed by atoms with van der Waals surface area (Å²) in [5.41, 5.74) is 0.372. The molecular weight excluding hydrogens is 252 g/mol. The van der Waals surface area contributed by atoms with E-state index >= 15 is 0 Å². The highest BCUT2D eigenvalue weighted by atomic mass is 16.4. The highest BCUT2D eigenvalue weighted by Gasteiger charge is 2.11. The van der Waals surface area contributed by atoms with Crippen molar-refractivity contribution in [1.82, 2.24) is 24.8 Å². The first-order chi connectivity index (χ1) is 9.08. The Morgan fingerprint density at radius 2 is 2.16 bits per heavy atom. The van der Waals surface area contributed by atoms with Crippen molar-refractivity contribution < 1.29 is 14.7 Å². The summed E-state index contributed by atoms with van der Waals surface area (Å²) in [5.74, 6) is -1.52. The van der Waals surface area contributed by atoms with Gasteiger partial charge >= 0.3 is 5.97 Å². The van der Waals surface area contributed by atoms with Crippen molar-refractivity contribution in [3.05, 3.63) is 24.3 Å². The van der Waals surface area contributed by atoms with Gasteiger partial charge in [-0.1, -0.05) is 5.21 Å². The summed E-state index contributed by atoms with van der Waals surface area (Å²) in [7, 11) is 0. The van der Waals surface area contributed by atoms with E-state index in [0.717, 1.165) is 4.68 Å². The van der Waals surface area contributed by atoms with Crippen LogP contribution in [0.5, 0.6) is 0 Å². The Balaban J connectivity index is 1.95. The summed E-state index contributed by atoms with van der Waals surface area (Å²) in [4.78, 5) is 22.3. The average Bonchev–Trinajstić information content (AvgIpc) is 2.98. The summed E-state index contributed by atoms with van der Waals surface area (Å²) < 4.78 is 2.83. The fraction of sp³-hybridized carbons (Fsp3) is 0.300. The number of hydrogen-bond donors (Lipinski definition) is 2. The van der Waals surface area contributed by atoms with Gasteiger partial charge in [0.1, 0.15) is 6.54 Å². The van der Waals surface area contributed by atoms with Gasteiger partial charge in [0.05, 0.1) is 18.1 Å². The van der Waals surface area contributed by atoms with Crippen molar-refractivity contribution >= 4 is 17.6 Å². The number of aromatic nitrogens is 5. The topological polar surface area (TPSA) is 115 Å². The SMILES string of the molecule is CCn1cc(NC(=O)Cn2cc(C(=O)O)nn2)cn1. The van der Waals surface area contributed by atoms with Crippen molar-refractivity contribution in [3.8, 4) is 0 Å². The maximum atomic E-state index is 11.7. The minimum absolute atomic E-state index is 0.114. The number of anilines is 1. The van der Waals surface area contributed by atoms with E-state index in [0.29, 0.717) is 12.2 Å². The molecule has 2 aromatic heterocycles. The fourth-order valence-electron chi connectivity index (χ4n) is 1.42. The van der Waals surface area contributed by atoms with Crippen molar-refractivity contribution in [2.24, 2.45) is 0 Å². The molecule has 0 aliphatic carbocycles. The molecule has 9 nitrogen and oxygen atoms in total. The molecule has 2 N–H and O–H groups in total. The predicted molar refractivity (Wildman–Crippen MR) is 63.5 cm³/mol. The first-order valence-corrected chi connectivity index (χ1v) is 5.54. The number of carbonyl (C=O) groups is 2. The zero-order chi connectivity index (χ0) is 13.8. The van der Waals surface area contributed by atoms with Crippen LogP contribution in [0.15, 0.2) is 18.6 Å². The lowest BCUT2D eigenvalue weighted by molar-refractivity contribution is -0.116. The molecule has 0 unspecified atom stereocenters. The van der Waals surface area contributed by atoms with Crippen molar-refractivity contribution in [2.45, 2.75) is 20.0 Å². The molecule has 0 atom stereocenters. The van der Waals surface area contributed by atoms with Crippen LogP contribution in [0.3, 0.4) is 0 Å². The number of nitrogens with zero attached hydrogens (tertiary/aromatic N) is 5. The molecule has 0 saturated carbocycles. The smallest absolute Gasteiger partial charge is 0.358 e. The molecule has 0 aliphatic rings. The Bertz CT molecular complexity index is 602. The molecule has 0 aromatic carbocycles. The summed E-state index contributed by atoms with van der Waals surface area (Å²) >= 11 is 0. The quantitative estimate of drug-likeness (QED) is 0.774. The molecule has 0 bridgehead atoms. The monoisotopic (exact) mass is 264 g/mol. The molecular formula is C10H12N6O3. The third-order valence-corrected chi connectivity index (χ3v) is 2.30. The van der Waals surface area contributed by atoms with E-state index < -0.39 is 5.97 Å². The van der Waals surface area contributed by atoms with Gasteiger partial charge in [0.15, 0.2) is 5.69 Å². The molecule has 100 valence electrons. The summed E-state index contributed by atoms with van der Waals surface area (Å²) in [6.07, 6.45) is 4.42. The highest BCUT2D eigenvalue weighted by molar-refractivity contribution is 5.90. The molecule has 0 fully saturated rings. The van der Waals surface area contributed by atoms with Crippen LogP contribution in [0.25, 0.3) is 0 Å². The van der Waals surface area contributed by atoms with Gasteiger partial charge < -0.3 is 10.4 Å². The number of nitrogens with one attached hydrogen (secondary N) is 1. The minimum Gasteiger partial charge on any atom is -0.476 e. The lowest BCUT2D eigenvalue weighted by atomic mass is 10.5. The average molecular weight is 264 g/mol. The Morgan fingerprint density at radius 1 is 1.37 bits per heavy atom. The maximum Gasteiger partial charge on any atom is 0.358 e. The molecule has 0 saturated heterocycles. The zero-order valence-electron chi connectivity index (χ0n) is 10.1. The van der Waals surface area contributed by atoms with Crippen molar-refractivity contribution in [2.75, 3.05) is 5.32 Å². The standard InChI is InChI=1S/C10H12N6O3/c1-2-15-4-7(3-11-15)12-9(17)6-16-5-8(10(18)19)13-14-16/h3-5H,2,6H2,1H3,(H,12,17)(H,18,19). The molecule has 2 heterocycles. The summed E-state index contributed by atoms with van der Waals surface area (Å²) in [5, 5.41) is 22.3. The second-order valence-electron chi connectivity index (χ2n) is 3.74. The highest BCUT2D eigenvalue weighted by Crippen LogP contribution is 2.04. The molecule has 2 rings (SSSR count). The maximum absolute atomic E-state index is 11.7. The van der Waals surface area contributed by atoms with E-state index in [1.807, 2.05) is 6.92 Å². The van der Waals surface area contributed by atoms with E-state index in [-0.39, 0.29) is 18.1 Å². The van der Waals surface area contributed by atoms with Crippen LogP contribution >= 0.6 is 0 Å². The molecule has 19 heavy (non-hydrogen) atoms. The molecule has 0 radical (unpaired) electrons. The largest absolute Gasteiger partial charge is 0.476 e. The number of aryl methyl sites for hydroxylation is 1. The summed E-state index contributed by atoms with van der Waals surface area (Å²) in [6.45, 7) is 2.53. The second kappa shape index (κ2) is 5.29. The van der Waals surface area contributed by atoms with Crippen LogP contribution in [0.2, 0.25) is 0 Å². The van der Waals surface area contributed by atoms with Crippen LogP contribution in [0.1, 0.15) is 17.4 Å². The molecule has 0 spiro atoms. The first-order valence-electron chi connectivity index (χ1n) is 5.54. The van der Waals surface area contributed by atoms with E-state index in [2.05, 4.69) is 20.7 Å². The summed E-state index contributed by atoms with van der Waals surface area (Å²) in [6, 6.07) is 0. The van der Waals surface area contributed by atoms with Crippen molar-refractivity contribution in [1.29, 1.82) is 0 Å². The second-order valence-corrected chi connectivity index (χ2v) is 3.74. The molecule has 2 aromatic rings. The Hall–Kier alpha value is -2.71. The van der Waals surface area contributed by atoms with E-state index in [1.54, 1.807) is 10.9 Å². The lowest BCUT2D eigenvalue weighted by Crippen LogP contribution is -2.18. The Morgan fingerprint density at radius 3 is 2.74 bits per heavy atom. The van der Waals surface area contributed by atoms with Gasteiger partial charge in [-0.2, -0.15) is 5.10 Å². The third kappa shape index (κ3) is 3.15. The van der Waals surface area contributed by atoms with Crippen molar-refractivity contribution in [3.63, 3.8) is 0 Å². The number of amides is 1. The Labute approximate surface area is 107 Å². The van der Waals surface area contributed by atoms with Gasteiger partial charge in [-0.05, 0) is 6.92 Å². The number of aromatic carboxylic acids is 1. The lowest BCUT2D eigenvalue weighted by Gasteiger charge is -2.01. The Kier molecular flexibility index (Phi) is 3.55. The van der Waals surface area contributed by atoms with E-state index in [1.165, 1.54) is 12.4 Å². The van der Waals surface area contributed by atoms with Gasteiger partial charge in [0.2, 0.25) is 5.91 Å². The fourth-order valence-corrected chi connectivity index (χ4v) is 1.42. The molecule has 0 aliphatic heterocycles.